The van der Waals surface area contributed by atoms with Crippen molar-refractivity contribution in [3.8, 4) is 0 Å². The Kier molecular flexibility index (Phi) is 3.48. The summed E-state index contributed by atoms with van der Waals surface area (Å²) in [5.74, 6) is 0.852. The Morgan fingerprint density at radius 3 is 2.43 bits per heavy atom. The Bertz CT molecular complexity index is 316. The van der Waals surface area contributed by atoms with Gasteiger partial charge in [0.05, 0.1) is 5.69 Å². The lowest BCUT2D eigenvalue weighted by Crippen LogP contribution is -2.15. The van der Waals surface area contributed by atoms with Gasteiger partial charge in [0.1, 0.15) is 11.0 Å². The third kappa shape index (κ3) is 2.95. The van der Waals surface area contributed by atoms with Crippen LogP contribution in [0.15, 0.2) is 6.07 Å². The molecule has 0 aliphatic heterocycles. The third-order valence-corrected chi connectivity index (χ3v) is 2.18. The quantitative estimate of drug-likeness (QED) is 0.703. The topological polar surface area (TPSA) is 25.8 Å². The van der Waals surface area contributed by atoms with Crippen LogP contribution in [-0.2, 0) is 11.8 Å². The number of aryl methyl sites for hydroxylation is 1. The van der Waals surface area contributed by atoms with Gasteiger partial charge in [-0.3, -0.25) is 0 Å². The van der Waals surface area contributed by atoms with Crippen LogP contribution < -0.4 is 0 Å². The molecule has 1 heterocycles. The van der Waals surface area contributed by atoms with Gasteiger partial charge in [0.25, 0.3) is 0 Å². The second-order valence-electron chi connectivity index (χ2n) is 4.49. The van der Waals surface area contributed by atoms with Gasteiger partial charge in [-0.2, -0.15) is 0 Å². The largest absolute Gasteiger partial charge is 0.237 e. The van der Waals surface area contributed by atoms with Crippen molar-refractivity contribution in [1.82, 2.24) is 9.97 Å². The number of halogens is 1. The van der Waals surface area contributed by atoms with Gasteiger partial charge in [0, 0.05) is 11.8 Å². The van der Waals surface area contributed by atoms with Gasteiger partial charge in [0.15, 0.2) is 0 Å². The fraction of sp³-hybridized carbons (Fsp3) is 0.636. The van der Waals surface area contributed by atoms with Crippen LogP contribution >= 0.6 is 11.6 Å². The van der Waals surface area contributed by atoms with Crippen LogP contribution in [0.2, 0.25) is 5.15 Å². The molecule has 0 fully saturated rings. The molecule has 0 atom stereocenters. The molecule has 0 bridgehead atoms. The zero-order valence-electron chi connectivity index (χ0n) is 9.26. The van der Waals surface area contributed by atoms with Crippen LogP contribution in [0.5, 0.6) is 0 Å². The van der Waals surface area contributed by atoms with Gasteiger partial charge < -0.3 is 0 Å². The predicted octanol–water partition coefficient (Wildman–Crippen LogP) is 3.38. The Labute approximate surface area is 90.7 Å². The minimum absolute atomic E-state index is 0.0368. The molecule has 1 rings (SSSR count). The van der Waals surface area contributed by atoms with Gasteiger partial charge in [-0.25, -0.2) is 9.97 Å². The van der Waals surface area contributed by atoms with Crippen molar-refractivity contribution in [2.75, 3.05) is 0 Å². The molecule has 0 aliphatic carbocycles. The average Bonchev–Trinajstić information content (AvgIpc) is 2.02. The molecule has 0 radical (unpaired) electrons. The van der Waals surface area contributed by atoms with Crippen molar-refractivity contribution in [3.05, 3.63) is 22.7 Å². The number of nitrogens with zero attached hydrogens (tertiary/aromatic N) is 2. The molecule has 0 saturated heterocycles. The Morgan fingerprint density at radius 2 is 1.93 bits per heavy atom. The molecule has 0 aliphatic rings. The van der Waals surface area contributed by atoms with Crippen LogP contribution in [0, 0.1) is 0 Å². The highest BCUT2D eigenvalue weighted by Gasteiger charge is 2.17. The molecular formula is C11H17ClN2. The smallest absolute Gasteiger partial charge is 0.133 e. The minimum Gasteiger partial charge on any atom is -0.237 e. The standard InChI is InChI=1S/C11H17ClN2/c1-5-6-10-13-8(11(2,3)4)7-9(12)14-10/h7H,5-6H2,1-4H3. The van der Waals surface area contributed by atoms with Crippen molar-refractivity contribution in [3.63, 3.8) is 0 Å². The summed E-state index contributed by atoms with van der Waals surface area (Å²) in [5.41, 5.74) is 1.05. The van der Waals surface area contributed by atoms with Gasteiger partial charge in [-0.15, -0.1) is 0 Å². The fourth-order valence-corrected chi connectivity index (χ4v) is 1.39. The van der Waals surface area contributed by atoms with Crippen LogP contribution in [0.25, 0.3) is 0 Å². The monoisotopic (exact) mass is 212 g/mol. The first-order chi connectivity index (χ1) is 6.43. The zero-order chi connectivity index (χ0) is 10.8. The predicted molar refractivity (Wildman–Crippen MR) is 59.7 cm³/mol. The lowest BCUT2D eigenvalue weighted by atomic mass is 9.92. The second-order valence-corrected chi connectivity index (χ2v) is 4.88. The minimum atomic E-state index is 0.0368. The number of hydrogen-bond donors (Lipinski definition) is 0. The lowest BCUT2D eigenvalue weighted by molar-refractivity contribution is 0.561. The summed E-state index contributed by atoms with van der Waals surface area (Å²) < 4.78 is 0. The molecule has 1 aromatic rings. The Hall–Kier alpha value is -0.630. The molecule has 14 heavy (non-hydrogen) atoms. The van der Waals surface area contributed by atoms with Crippen molar-refractivity contribution >= 4 is 11.6 Å². The molecule has 0 spiro atoms. The van der Waals surface area contributed by atoms with Crippen LogP contribution in [0.4, 0.5) is 0 Å². The molecule has 0 unspecified atom stereocenters. The van der Waals surface area contributed by atoms with Crippen LogP contribution in [0.1, 0.15) is 45.6 Å². The highest BCUT2D eigenvalue weighted by Crippen LogP contribution is 2.22. The first-order valence-electron chi connectivity index (χ1n) is 4.97. The van der Waals surface area contributed by atoms with E-state index >= 15 is 0 Å². The lowest BCUT2D eigenvalue weighted by Gasteiger charge is -2.18. The number of hydrogen-bond acceptors (Lipinski definition) is 2. The number of rotatable bonds is 2. The first kappa shape index (κ1) is 11.4. The van der Waals surface area contributed by atoms with E-state index in [2.05, 4.69) is 37.7 Å². The molecule has 2 nitrogen and oxygen atoms in total. The fourth-order valence-electron chi connectivity index (χ4n) is 1.18. The van der Waals surface area contributed by atoms with Gasteiger partial charge in [0.2, 0.25) is 0 Å². The highest BCUT2D eigenvalue weighted by atomic mass is 35.5. The van der Waals surface area contributed by atoms with Crippen LogP contribution in [0.3, 0.4) is 0 Å². The Morgan fingerprint density at radius 1 is 1.29 bits per heavy atom. The maximum Gasteiger partial charge on any atom is 0.133 e. The van der Waals surface area contributed by atoms with E-state index < -0.39 is 0 Å². The van der Waals surface area contributed by atoms with Crippen molar-refractivity contribution in [2.24, 2.45) is 0 Å². The van der Waals surface area contributed by atoms with Gasteiger partial charge in [-0.05, 0) is 12.5 Å². The molecule has 0 saturated carbocycles. The van der Waals surface area contributed by atoms with E-state index in [4.69, 9.17) is 11.6 Å². The second kappa shape index (κ2) is 4.26. The van der Waals surface area contributed by atoms with Crippen molar-refractivity contribution in [1.29, 1.82) is 0 Å². The zero-order valence-corrected chi connectivity index (χ0v) is 10.0. The van der Waals surface area contributed by atoms with E-state index in [9.17, 15) is 0 Å². The number of aromatic nitrogens is 2. The summed E-state index contributed by atoms with van der Waals surface area (Å²) in [6.07, 6.45) is 1.94. The Balaban J connectivity index is 3.07. The molecule has 0 amide bonds. The third-order valence-electron chi connectivity index (χ3n) is 1.98. The molecule has 1 aromatic heterocycles. The van der Waals surface area contributed by atoms with Gasteiger partial charge in [-0.1, -0.05) is 39.3 Å². The van der Waals surface area contributed by atoms with E-state index in [-0.39, 0.29) is 5.41 Å². The average molecular weight is 213 g/mol. The highest BCUT2D eigenvalue weighted by molar-refractivity contribution is 6.29. The summed E-state index contributed by atoms with van der Waals surface area (Å²) in [6, 6.07) is 1.85. The van der Waals surface area contributed by atoms with E-state index in [1.165, 1.54) is 0 Å². The summed E-state index contributed by atoms with van der Waals surface area (Å²) in [5, 5.41) is 0.549. The summed E-state index contributed by atoms with van der Waals surface area (Å²) in [7, 11) is 0. The van der Waals surface area contributed by atoms with E-state index in [1.807, 2.05) is 6.07 Å². The molecular weight excluding hydrogens is 196 g/mol. The van der Waals surface area contributed by atoms with Crippen molar-refractivity contribution < 1.29 is 0 Å². The summed E-state index contributed by atoms with van der Waals surface area (Å²) >= 11 is 5.94. The van der Waals surface area contributed by atoms with E-state index in [0.717, 1.165) is 24.4 Å². The van der Waals surface area contributed by atoms with E-state index in [1.54, 1.807) is 0 Å². The SMILES string of the molecule is CCCc1nc(Cl)cc(C(C)(C)C)n1. The summed E-state index contributed by atoms with van der Waals surface area (Å²) in [6.45, 7) is 8.49. The molecule has 3 heteroatoms. The van der Waals surface area contributed by atoms with E-state index in [0.29, 0.717) is 5.15 Å². The molecule has 0 N–H and O–H groups in total. The van der Waals surface area contributed by atoms with Crippen molar-refractivity contribution in [2.45, 2.75) is 46.0 Å². The molecule has 0 aromatic carbocycles. The first-order valence-corrected chi connectivity index (χ1v) is 5.35. The summed E-state index contributed by atoms with van der Waals surface area (Å²) in [4.78, 5) is 8.69. The normalized spacial score (nSPS) is 11.8. The van der Waals surface area contributed by atoms with Crippen LogP contribution in [-0.4, -0.2) is 9.97 Å². The molecule has 78 valence electrons. The maximum absolute atomic E-state index is 5.94. The van der Waals surface area contributed by atoms with Gasteiger partial charge >= 0.3 is 0 Å². The maximum atomic E-state index is 5.94.